The summed E-state index contributed by atoms with van der Waals surface area (Å²) < 4.78 is 0. The molecule has 1 heterocycles. The Labute approximate surface area is 77.5 Å². The van der Waals surface area contributed by atoms with E-state index in [1.165, 1.54) is 6.20 Å². The first-order valence-corrected chi connectivity index (χ1v) is 4.15. The van der Waals surface area contributed by atoms with Gasteiger partial charge in [0.25, 0.3) is 11.7 Å². The molecule has 1 aliphatic rings. The molecular weight excluding hydrogens is 168 g/mol. The fourth-order valence-electron chi connectivity index (χ4n) is 0.909. The van der Waals surface area contributed by atoms with E-state index in [4.69, 9.17) is 5.73 Å². The predicted molar refractivity (Wildman–Crippen MR) is 50.5 cm³/mol. The van der Waals surface area contributed by atoms with E-state index in [1.807, 2.05) is 13.8 Å². The van der Waals surface area contributed by atoms with Crippen molar-refractivity contribution in [1.82, 2.24) is 5.32 Å². The van der Waals surface area contributed by atoms with Crippen LogP contribution in [0.5, 0.6) is 0 Å². The van der Waals surface area contributed by atoms with Gasteiger partial charge in [-0.2, -0.15) is 0 Å². The molecule has 0 unspecified atom stereocenters. The van der Waals surface area contributed by atoms with Gasteiger partial charge in [-0.15, -0.1) is 0 Å². The average molecular weight is 182 g/mol. The first-order valence-electron chi connectivity index (χ1n) is 4.15. The molecule has 72 valence electrons. The molecule has 0 aromatic carbocycles. The van der Waals surface area contributed by atoms with Crippen molar-refractivity contribution in [2.45, 2.75) is 20.8 Å². The zero-order valence-electron chi connectivity index (χ0n) is 8.05. The van der Waals surface area contributed by atoms with E-state index in [2.05, 4.69) is 5.32 Å². The summed E-state index contributed by atoms with van der Waals surface area (Å²) in [5.41, 5.74) is 5.89. The predicted octanol–water partition coefficient (Wildman–Crippen LogP) is 0.458. The van der Waals surface area contributed by atoms with Gasteiger partial charge in [-0.1, -0.05) is 19.9 Å². The van der Waals surface area contributed by atoms with E-state index in [9.17, 15) is 9.59 Å². The van der Waals surface area contributed by atoms with Gasteiger partial charge in [0.05, 0.1) is 5.70 Å². The minimum absolute atomic E-state index is 0.345. The number of nitrogens with one attached hydrogen (secondary N) is 1. The second kappa shape index (κ2) is 5.13. The third-order valence-electron chi connectivity index (χ3n) is 1.44. The molecule has 1 aliphatic heterocycles. The highest BCUT2D eigenvalue weighted by Gasteiger charge is 2.29. The Kier molecular flexibility index (Phi) is 4.51. The summed E-state index contributed by atoms with van der Waals surface area (Å²) >= 11 is 0. The smallest absolute Gasteiger partial charge is 0.296 e. The molecule has 0 radical (unpaired) electrons. The highest BCUT2D eigenvalue weighted by Crippen LogP contribution is 2.13. The number of nitrogens with two attached hydrogens (primary N) is 1. The van der Waals surface area contributed by atoms with Crippen LogP contribution in [0.15, 0.2) is 23.5 Å². The number of carbonyl (C=O) groups is 2. The molecule has 0 spiro atoms. The maximum absolute atomic E-state index is 10.9. The van der Waals surface area contributed by atoms with Crippen LogP contribution in [0, 0.1) is 0 Å². The highest BCUT2D eigenvalue weighted by atomic mass is 16.2. The quantitative estimate of drug-likeness (QED) is 0.422. The van der Waals surface area contributed by atoms with Gasteiger partial charge in [0.1, 0.15) is 0 Å². The number of rotatable bonds is 0. The molecule has 0 saturated carbocycles. The van der Waals surface area contributed by atoms with Crippen LogP contribution in [-0.4, -0.2) is 11.7 Å². The van der Waals surface area contributed by atoms with E-state index >= 15 is 0 Å². The minimum Gasteiger partial charge on any atom is -0.403 e. The zero-order valence-corrected chi connectivity index (χ0v) is 8.05. The lowest BCUT2D eigenvalue weighted by Gasteiger charge is -1.92. The van der Waals surface area contributed by atoms with Crippen molar-refractivity contribution < 1.29 is 9.59 Å². The Bertz CT molecular complexity index is 277. The SMILES string of the molecule is C/C=C1/C(=O)C(=O)N/C1=C/N.CC. The van der Waals surface area contributed by atoms with E-state index in [0.717, 1.165) is 0 Å². The molecular formula is C9H14N2O2. The van der Waals surface area contributed by atoms with Gasteiger partial charge >= 0.3 is 0 Å². The summed E-state index contributed by atoms with van der Waals surface area (Å²) in [5, 5.41) is 2.33. The zero-order chi connectivity index (χ0) is 10.4. The molecule has 1 amide bonds. The van der Waals surface area contributed by atoms with Crippen LogP contribution in [-0.2, 0) is 9.59 Å². The third kappa shape index (κ3) is 2.18. The average Bonchev–Trinajstić information content (AvgIpc) is 2.46. The summed E-state index contributed by atoms with van der Waals surface area (Å²) in [6.07, 6.45) is 2.76. The molecule has 1 saturated heterocycles. The number of Topliss-reactive ketones (excluding diaryl/α,β-unsaturated/α-hetero) is 1. The normalized spacial score (nSPS) is 21.5. The molecule has 0 aromatic heterocycles. The standard InChI is InChI=1S/C7H8N2O2.C2H6/c1-2-4-5(3-8)9-7(11)6(4)10;1-2/h2-3H,8H2,1H3,(H,9,11);1-2H3/b4-2+,5-3+;. The maximum Gasteiger partial charge on any atom is 0.296 e. The molecule has 4 heteroatoms. The third-order valence-corrected chi connectivity index (χ3v) is 1.44. The number of hydrogen-bond donors (Lipinski definition) is 2. The van der Waals surface area contributed by atoms with Crippen LogP contribution >= 0.6 is 0 Å². The van der Waals surface area contributed by atoms with E-state index < -0.39 is 11.7 Å². The Morgan fingerprint density at radius 3 is 2.15 bits per heavy atom. The number of carbonyl (C=O) groups excluding carboxylic acids is 2. The summed E-state index contributed by atoms with van der Waals surface area (Å²) in [4.78, 5) is 21.6. The molecule has 0 bridgehead atoms. The lowest BCUT2D eigenvalue weighted by atomic mass is 10.2. The number of ketones is 1. The Balaban J connectivity index is 0.000000671. The van der Waals surface area contributed by atoms with Gasteiger partial charge in [0.2, 0.25) is 0 Å². The molecule has 4 nitrogen and oxygen atoms in total. The molecule has 0 atom stereocenters. The van der Waals surface area contributed by atoms with Crippen molar-refractivity contribution in [3.05, 3.63) is 23.5 Å². The van der Waals surface area contributed by atoms with Crippen LogP contribution in [0.1, 0.15) is 20.8 Å². The van der Waals surface area contributed by atoms with Gasteiger partial charge in [0.15, 0.2) is 0 Å². The molecule has 3 N–H and O–H groups in total. The monoisotopic (exact) mass is 182 g/mol. The van der Waals surface area contributed by atoms with Crippen molar-refractivity contribution >= 4 is 11.7 Å². The topological polar surface area (TPSA) is 72.2 Å². The molecule has 0 aliphatic carbocycles. The van der Waals surface area contributed by atoms with Gasteiger partial charge in [-0.25, -0.2) is 0 Å². The lowest BCUT2D eigenvalue weighted by Crippen LogP contribution is -2.18. The van der Waals surface area contributed by atoms with Gasteiger partial charge < -0.3 is 11.1 Å². The van der Waals surface area contributed by atoms with E-state index in [0.29, 0.717) is 11.3 Å². The minimum atomic E-state index is -0.616. The molecule has 1 rings (SSSR count). The Hall–Kier alpha value is -1.58. The van der Waals surface area contributed by atoms with Crippen LogP contribution < -0.4 is 11.1 Å². The van der Waals surface area contributed by atoms with Crippen LogP contribution in [0.3, 0.4) is 0 Å². The van der Waals surface area contributed by atoms with Crippen molar-refractivity contribution in [3.63, 3.8) is 0 Å². The summed E-state index contributed by atoms with van der Waals surface area (Å²) in [7, 11) is 0. The first-order chi connectivity index (χ1) is 6.20. The fourth-order valence-corrected chi connectivity index (χ4v) is 0.909. The number of hydrogen-bond acceptors (Lipinski definition) is 3. The van der Waals surface area contributed by atoms with Crippen LogP contribution in [0.2, 0.25) is 0 Å². The van der Waals surface area contributed by atoms with Crippen LogP contribution in [0.4, 0.5) is 0 Å². The van der Waals surface area contributed by atoms with E-state index in [1.54, 1.807) is 13.0 Å². The van der Waals surface area contributed by atoms with Crippen LogP contribution in [0.25, 0.3) is 0 Å². The molecule has 0 aromatic rings. The van der Waals surface area contributed by atoms with Gasteiger partial charge in [-0.05, 0) is 6.92 Å². The number of amides is 1. The number of allylic oxidation sites excluding steroid dienone is 2. The summed E-state index contributed by atoms with van der Waals surface area (Å²) in [6.45, 7) is 5.68. The van der Waals surface area contributed by atoms with Gasteiger partial charge in [0, 0.05) is 11.8 Å². The maximum atomic E-state index is 10.9. The largest absolute Gasteiger partial charge is 0.403 e. The lowest BCUT2D eigenvalue weighted by molar-refractivity contribution is -0.133. The molecule has 13 heavy (non-hydrogen) atoms. The van der Waals surface area contributed by atoms with Crippen molar-refractivity contribution in [3.8, 4) is 0 Å². The summed E-state index contributed by atoms with van der Waals surface area (Å²) in [5.74, 6) is -1.14. The van der Waals surface area contributed by atoms with Crippen molar-refractivity contribution in [2.75, 3.05) is 0 Å². The van der Waals surface area contributed by atoms with Crippen molar-refractivity contribution in [2.24, 2.45) is 5.73 Å². The second-order valence-corrected chi connectivity index (χ2v) is 2.07. The summed E-state index contributed by atoms with van der Waals surface area (Å²) in [6, 6.07) is 0. The van der Waals surface area contributed by atoms with E-state index in [-0.39, 0.29) is 0 Å². The second-order valence-electron chi connectivity index (χ2n) is 2.07. The Morgan fingerprint density at radius 2 is 1.85 bits per heavy atom. The Morgan fingerprint density at radius 1 is 1.31 bits per heavy atom. The van der Waals surface area contributed by atoms with Crippen molar-refractivity contribution in [1.29, 1.82) is 0 Å². The van der Waals surface area contributed by atoms with Gasteiger partial charge in [-0.3, -0.25) is 9.59 Å². The fraction of sp³-hybridized carbons (Fsp3) is 0.333. The molecule has 1 fully saturated rings. The first kappa shape index (κ1) is 11.4. The highest BCUT2D eigenvalue weighted by molar-refractivity contribution is 6.47.